The zero-order valence-corrected chi connectivity index (χ0v) is 14.4. The van der Waals surface area contributed by atoms with Gasteiger partial charge in [-0.05, 0) is 62.1 Å². The summed E-state index contributed by atoms with van der Waals surface area (Å²) in [5.74, 6) is 1.69. The van der Waals surface area contributed by atoms with Crippen LogP contribution in [-0.2, 0) is 0 Å². The van der Waals surface area contributed by atoms with E-state index < -0.39 is 0 Å². The van der Waals surface area contributed by atoms with E-state index in [1.54, 1.807) is 6.07 Å². The largest absolute Gasteiger partial charge is 0.618 e. The topological polar surface area (TPSA) is 39.4 Å². The predicted octanol–water partition coefficient (Wildman–Crippen LogP) is 3.49. The molecule has 0 aliphatic carbocycles. The number of hydrogen-bond donors (Lipinski definition) is 0. The lowest BCUT2D eigenvalue weighted by molar-refractivity contribution is -0.593. The molecule has 0 N–H and O–H groups in total. The monoisotopic (exact) mass is 326 g/mol. The average Bonchev–Trinajstić information content (AvgIpc) is 2.60. The van der Waals surface area contributed by atoms with Gasteiger partial charge in [0, 0.05) is 30.8 Å². The number of aromatic nitrogens is 1. The van der Waals surface area contributed by atoms with Crippen molar-refractivity contribution in [3.8, 4) is 17.0 Å². The number of hydrogen-bond acceptors (Lipinski definition) is 3. The first-order chi connectivity index (χ1) is 11.7. The van der Waals surface area contributed by atoms with Crippen LogP contribution in [0.4, 0.5) is 0 Å². The Hall–Kier alpha value is -2.07. The summed E-state index contributed by atoms with van der Waals surface area (Å²) in [4.78, 5) is 2.54. The van der Waals surface area contributed by atoms with Gasteiger partial charge in [-0.3, -0.25) is 0 Å². The number of ether oxygens (including phenoxy) is 1. The lowest BCUT2D eigenvalue weighted by Gasteiger charge is -2.30. The van der Waals surface area contributed by atoms with Crippen molar-refractivity contribution in [2.75, 3.05) is 26.2 Å². The van der Waals surface area contributed by atoms with Crippen LogP contribution in [-0.4, -0.2) is 31.1 Å². The first-order valence-corrected chi connectivity index (χ1v) is 8.86. The molecule has 4 nitrogen and oxygen atoms in total. The fraction of sp³-hybridized carbons (Fsp3) is 0.450. The van der Waals surface area contributed by atoms with Gasteiger partial charge < -0.3 is 14.8 Å². The van der Waals surface area contributed by atoms with E-state index >= 15 is 0 Å². The van der Waals surface area contributed by atoms with E-state index in [2.05, 4.69) is 11.8 Å². The van der Waals surface area contributed by atoms with Gasteiger partial charge in [0.2, 0.25) is 5.69 Å². The predicted molar refractivity (Wildman–Crippen MR) is 95.8 cm³/mol. The maximum absolute atomic E-state index is 11.8. The Morgan fingerprint density at radius 1 is 1.21 bits per heavy atom. The number of benzene rings is 1. The van der Waals surface area contributed by atoms with Crippen LogP contribution >= 0.6 is 0 Å². The number of likely N-dealkylation sites (tertiary alicyclic amines) is 1. The highest BCUT2D eigenvalue weighted by Gasteiger charge is 2.15. The third kappa shape index (κ3) is 4.48. The molecule has 0 radical (unpaired) electrons. The first kappa shape index (κ1) is 16.8. The van der Waals surface area contributed by atoms with Gasteiger partial charge in [0.25, 0.3) is 0 Å². The highest BCUT2D eigenvalue weighted by Crippen LogP contribution is 2.20. The standard InChI is InChI=1S/C20H26N2O2/c1-17-6-4-12-21(16-17)13-5-15-24-19-10-8-18(9-11-19)20-7-2-3-14-22(20)23/h2-3,7-11,14,17H,4-6,12-13,15-16H2,1H3. The maximum Gasteiger partial charge on any atom is 0.223 e. The average molecular weight is 326 g/mol. The van der Waals surface area contributed by atoms with Gasteiger partial charge in [0.05, 0.1) is 6.61 Å². The SMILES string of the molecule is CC1CCCN(CCCOc2ccc(-c3cccc[n+]3[O-])cc2)C1. The summed E-state index contributed by atoms with van der Waals surface area (Å²) < 4.78 is 6.72. The molecule has 1 fully saturated rings. The molecule has 0 spiro atoms. The van der Waals surface area contributed by atoms with Crippen molar-refractivity contribution in [2.24, 2.45) is 5.92 Å². The molecule has 1 aromatic heterocycles. The Labute approximate surface area is 144 Å². The molecule has 1 saturated heterocycles. The van der Waals surface area contributed by atoms with Gasteiger partial charge >= 0.3 is 0 Å². The van der Waals surface area contributed by atoms with Crippen molar-refractivity contribution in [3.63, 3.8) is 0 Å². The van der Waals surface area contributed by atoms with E-state index in [1.165, 1.54) is 32.1 Å². The minimum Gasteiger partial charge on any atom is -0.618 e. The van der Waals surface area contributed by atoms with Gasteiger partial charge in [-0.25, -0.2) is 0 Å². The van der Waals surface area contributed by atoms with Crippen LogP contribution in [0.5, 0.6) is 5.75 Å². The Bertz CT molecular complexity index is 642. The Morgan fingerprint density at radius 2 is 2.04 bits per heavy atom. The van der Waals surface area contributed by atoms with Crippen LogP contribution in [0.2, 0.25) is 0 Å². The zero-order chi connectivity index (χ0) is 16.8. The number of nitrogens with zero attached hydrogens (tertiary/aromatic N) is 2. The summed E-state index contributed by atoms with van der Waals surface area (Å²) in [5.41, 5.74) is 1.56. The fourth-order valence-electron chi connectivity index (χ4n) is 3.34. The Kier molecular flexibility index (Phi) is 5.70. The van der Waals surface area contributed by atoms with E-state index in [1.807, 2.05) is 36.4 Å². The van der Waals surface area contributed by atoms with Crippen LogP contribution in [0.3, 0.4) is 0 Å². The quantitative estimate of drug-likeness (QED) is 0.463. The van der Waals surface area contributed by atoms with E-state index in [0.717, 1.165) is 41.5 Å². The van der Waals surface area contributed by atoms with Crippen LogP contribution in [0.15, 0.2) is 48.7 Å². The lowest BCUT2D eigenvalue weighted by atomic mass is 10.0. The van der Waals surface area contributed by atoms with Crippen molar-refractivity contribution in [1.82, 2.24) is 4.90 Å². The highest BCUT2D eigenvalue weighted by molar-refractivity contribution is 5.57. The summed E-state index contributed by atoms with van der Waals surface area (Å²) in [7, 11) is 0. The highest BCUT2D eigenvalue weighted by atomic mass is 16.5. The molecule has 1 aliphatic rings. The molecule has 0 bridgehead atoms. The third-order valence-corrected chi connectivity index (χ3v) is 4.60. The number of piperidine rings is 1. The van der Waals surface area contributed by atoms with Crippen LogP contribution < -0.4 is 9.47 Å². The van der Waals surface area contributed by atoms with Gasteiger partial charge in [0.1, 0.15) is 5.75 Å². The summed E-state index contributed by atoms with van der Waals surface area (Å²) in [5, 5.41) is 11.8. The molecule has 2 heterocycles. The maximum atomic E-state index is 11.8. The van der Waals surface area contributed by atoms with Crippen molar-refractivity contribution >= 4 is 0 Å². The van der Waals surface area contributed by atoms with Crippen molar-refractivity contribution < 1.29 is 9.47 Å². The molecule has 1 unspecified atom stereocenters. The molecule has 0 saturated carbocycles. The summed E-state index contributed by atoms with van der Waals surface area (Å²) in [6, 6.07) is 13.2. The second-order valence-corrected chi connectivity index (χ2v) is 6.69. The van der Waals surface area contributed by atoms with Crippen molar-refractivity contribution in [3.05, 3.63) is 53.9 Å². The van der Waals surface area contributed by atoms with Crippen LogP contribution in [0.1, 0.15) is 26.2 Å². The molecule has 1 aliphatic heterocycles. The molecular weight excluding hydrogens is 300 g/mol. The van der Waals surface area contributed by atoms with Crippen LogP contribution in [0.25, 0.3) is 11.3 Å². The lowest BCUT2D eigenvalue weighted by Crippen LogP contribution is -2.35. The van der Waals surface area contributed by atoms with E-state index in [0.29, 0.717) is 5.69 Å². The van der Waals surface area contributed by atoms with Gasteiger partial charge in [0.15, 0.2) is 6.20 Å². The molecule has 2 aromatic rings. The Balaban J connectivity index is 1.46. The minimum absolute atomic E-state index is 0.656. The van der Waals surface area contributed by atoms with Gasteiger partial charge in [-0.15, -0.1) is 0 Å². The summed E-state index contributed by atoms with van der Waals surface area (Å²) >= 11 is 0. The van der Waals surface area contributed by atoms with Gasteiger partial charge in [-0.1, -0.05) is 6.92 Å². The smallest absolute Gasteiger partial charge is 0.223 e. The first-order valence-electron chi connectivity index (χ1n) is 8.86. The fourth-order valence-corrected chi connectivity index (χ4v) is 3.34. The number of rotatable bonds is 6. The normalized spacial score (nSPS) is 18.5. The summed E-state index contributed by atoms with van der Waals surface area (Å²) in [6.07, 6.45) is 5.25. The van der Waals surface area contributed by atoms with Crippen molar-refractivity contribution in [2.45, 2.75) is 26.2 Å². The third-order valence-electron chi connectivity index (χ3n) is 4.60. The molecule has 1 atom stereocenters. The van der Waals surface area contributed by atoms with Crippen molar-refractivity contribution in [1.29, 1.82) is 0 Å². The molecule has 24 heavy (non-hydrogen) atoms. The summed E-state index contributed by atoms with van der Waals surface area (Å²) in [6.45, 7) is 6.63. The second-order valence-electron chi connectivity index (χ2n) is 6.69. The van der Waals surface area contributed by atoms with E-state index in [4.69, 9.17) is 4.74 Å². The Morgan fingerprint density at radius 3 is 2.79 bits per heavy atom. The molecule has 1 aromatic carbocycles. The molecular formula is C20H26N2O2. The van der Waals surface area contributed by atoms with Gasteiger partial charge in [-0.2, -0.15) is 4.73 Å². The van der Waals surface area contributed by atoms with E-state index in [9.17, 15) is 5.21 Å². The molecule has 4 heteroatoms. The second kappa shape index (κ2) is 8.15. The molecule has 0 amide bonds. The van der Waals surface area contributed by atoms with Crippen LogP contribution in [0, 0.1) is 11.1 Å². The van der Waals surface area contributed by atoms with E-state index in [-0.39, 0.29) is 0 Å². The zero-order valence-electron chi connectivity index (χ0n) is 14.4. The molecule has 3 rings (SSSR count). The number of pyridine rings is 1. The molecule has 128 valence electrons. The minimum atomic E-state index is 0.656.